The lowest BCUT2D eigenvalue weighted by molar-refractivity contribution is -0.137. The number of aromatic nitrogens is 3. The van der Waals surface area contributed by atoms with Crippen molar-refractivity contribution >= 4 is 46.5 Å². The second kappa shape index (κ2) is 12.4. The molecule has 4 rings (SSSR count). The lowest BCUT2D eigenvalue weighted by atomic mass is 10.2. The van der Waals surface area contributed by atoms with Gasteiger partial charge in [0.15, 0.2) is 5.82 Å². The number of fused-ring (bicyclic) bond motifs is 1. The number of nitrogens with zero attached hydrogens (tertiary/aromatic N) is 3. The highest BCUT2D eigenvalue weighted by atomic mass is 35.5. The van der Waals surface area contributed by atoms with E-state index in [9.17, 15) is 18.3 Å². The maximum absolute atomic E-state index is 13.0. The number of nitrogens with one attached hydrogen (secondary N) is 1. The molecule has 0 spiro atoms. The van der Waals surface area contributed by atoms with Crippen LogP contribution in [0.2, 0.25) is 5.02 Å². The molecule has 0 aliphatic carbocycles. The Bertz CT molecular complexity index is 1340. The summed E-state index contributed by atoms with van der Waals surface area (Å²) >= 11 is 6.35. The Kier molecular flexibility index (Phi) is 9.57. The number of hydrogen-bond donors (Lipinski definition) is 3. The fraction of sp³-hybridized carbons (Fsp3) is 0.250. The quantitative estimate of drug-likeness (QED) is 0.223. The summed E-state index contributed by atoms with van der Waals surface area (Å²) in [5, 5.41) is 21.6. The van der Waals surface area contributed by atoms with Crippen molar-refractivity contribution in [3.05, 3.63) is 71.6 Å². The van der Waals surface area contributed by atoms with Crippen LogP contribution in [0, 0.1) is 0 Å². The normalized spacial score (nSPS) is 12.3. The van der Waals surface area contributed by atoms with Crippen molar-refractivity contribution in [3.8, 4) is 11.5 Å². The minimum Gasteiger partial charge on any atom is -0.456 e. The highest BCUT2D eigenvalue weighted by molar-refractivity contribution is 6.32. The van der Waals surface area contributed by atoms with Gasteiger partial charge in [-0.15, -0.1) is 12.4 Å². The number of aliphatic hydroxyl groups excluding tert-OH is 2. The van der Waals surface area contributed by atoms with Crippen LogP contribution in [0.5, 0.6) is 11.5 Å². The van der Waals surface area contributed by atoms with Gasteiger partial charge in [-0.1, -0.05) is 17.7 Å². The zero-order valence-electron chi connectivity index (χ0n) is 19.2. The van der Waals surface area contributed by atoms with Gasteiger partial charge in [-0.05, 0) is 42.5 Å². The summed E-state index contributed by atoms with van der Waals surface area (Å²) in [5.74, 6) is 0.708. The molecule has 0 fully saturated rings. The molecule has 2 aromatic carbocycles. The van der Waals surface area contributed by atoms with Crippen LogP contribution >= 0.6 is 24.0 Å². The Labute approximate surface area is 221 Å². The smallest absolute Gasteiger partial charge is 0.416 e. The van der Waals surface area contributed by atoms with Crippen molar-refractivity contribution in [2.75, 3.05) is 25.1 Å². The first-order valence-electron chi connectivity index (χ1n) is 10.8. The molecule has 0 aliphatic rings. The predicted octanol–water partition coefficient (Wildman–Crippen LogP) is 5.43. The first-order valence-corrected chi connectivity index (χ1v) is 11.2. The third-order valence-electron chi connectivity index (χ3n) is 5.13. The monoisotopic (exact) mass is 558 g/mol. The summed E-state index contributed by atoms with van der Waals surface area (Å²) in [6.07, 6.45) is -2.17. The molecule has 3 N–H and O–H groups in total. The molecule has 0 radical (unpaired) electrons. The Balaban J connectivity index is 0.00000380. The molecule has 1 unspecified atom stereocenters. The number of halogens is 5. The summed E-state index contributed by atoms with van der Waals surface area (Å²) < 4.78 is 51.7. The number of alkyl halides is 3. The molecule has 198 valence electrons. The minimum atomic E-state index is -4.48. The lowest BCUT2D eigenvalue weighted by Crippen LogP contribution is -2.20. The Morgan fingerprint density at radius 1 is 1.11 bits per heavy atom. The average Bonchev–Trinajstić information content (AvgIpc) is 3.27. The van der Waals surface area contributed by atoms with Crippen molar-refractivity contribution in [2.45, 2.75) is 18.8 Å². The van der Waals surface area contributed by atoms with Gasteiger partial charge in [0.1, 0.15) is 29.4 Å². The van der Waals surface area contributed by atoms with Gasteiger partial charge in [0.25, 0.3) is 0 Å². The van der Waals surface area contributed by atoms with Crippen LogP contribution in [0.3, 0.4) is 0 Å². The SMILES string of the molecule is Cl.OCC(O)COCCn1ccc2ncnc(Nc3ccc(Oc4cccc(C(F)(F)F)c4)c(Cl)c3)c21. The fourth-order valence-electron chi connectivity index (χ4n) is 3.41. The molecule has 0 saturated heterocycles. The molecule has 2 aromatic heterocycles. The van der Waals surface area contributed by atoms with Crippen LogP contribution in [0.1, 0.15) is 5.56 Å². The van der Waals surface area contributed by atoms with E-state index in [1.165, 1.54) is 18.5 Å². The summed E-state index contributed by atoms with van der Waals surface area (Å²) in [7, 11) is 0. The van der Waals surface area contributed by atoms with Gasteiger partial charge >= 0.3 is 6.18 Å². The van der Waals surface area contributed by atoms with E-state index in [1.807, 2.05) is 16.8 Å². The number of anilines is 2. The predicted molar refractivity (Wildman–Crippen MR) is 135 cm³/mol. The zero-order chi connectivity index (χ0) is 25.7. The van der Waals surface area contributed by atoms with E-state index in [1.54, 1.807) is 18.2 Å². The largest absolute Gasteiger partial charge is 0.456 e. The Morgan fingerprint density at radius 3 is 2.65 bits per heavy atom. The summed E-state index contributed by atoms with van der Waals surface area (Å²) in [5.41, 5.74) is 1.16. The maximum Gasteiger partial charge on any atom is 0.416 e. The lowest BCUT2D eigenvalue weighted by Gasteiger charge is -2.14. The number of benzene rings is 2. The van der Waals surface area contributed by atoms with E-state index in [2.05, 4.69) is 15.3 Å². The standard InChI is InChI=1S/C24H22ClF3N4O4.ClH/c25-19-11-16(4-5-21(19)36-18-3-1-2-15(10-18)24(26,27)28)31-23-22-20(29-14-30-23)6-7-32(22)8-9-35-13-17(34)12-33;/h1-7,10-11,14,17,33-34H,8-9,12-13H2,(H,29,30,31);1H. The molecular weight excluding hydrogens is 536 g/mol. The third kappa shape index (κ3) is 7.24. The van der Waals surface area contributed by atoms with E-state index >= 15 is 0 Å². The number of hydrogen-bond acceptors (Lipinski definition) is 7. The highest BCUT2D eigenvalue weighted by Gasteiger charge is 2.30. The molecular formula is C24H23Cl2F3N4O4. The van der Waals surface area contributed by atoms with Crippen LogP contribution in [0.15, 0.2) is 61.1 Å². The molecule has 2 heterocycles. The third-order valence-corrected chi connectivity index (χ3v) is 5.43. The molecule has 37 heavy (non-hydrogen) atoms. The topological polar surface area (TPSA) is 102 Å². The van der Waals surface area contributed by atoms with E-state index in [0.29, 0.717) is 35.7 Å². The number of aliphatic hydroxyl groups is 2. The van der Waals surface area contributed by atoms with Gasteiger partial charge < -0.3 is 29.6 Å². The van der Waals surface area contributed by atoms with Crippen molar-refractivity contribution in [1.82, 2.24) is 14.5 Å². The van der Waals surface area contributed by atoms with E-state index in [4.69, 9.17) is 26.2 Å². The molecule has 0 amide bonds. The van der Waals surface area contributed by atoms with Gasteiger partial charge in [-0.2, -0.15) is 13.2 Å². The van der Waals surface area contributed by atoms with Crippen LogP contribution in [-0.2, 0) is 17.5 Å². The van der Waals surface area contributed by atoms with Crippen molar-refractivity contribution in [2.24, 2.45) is 0 Å². The molecule has 0 saturated carbocycles. The fourth-order valence-corrected chi connectivity index (χ4v) is 3.63. The Morgan fingerprint density at radius 2 is 1.92 bits per heavy atom. The van der Waals surface area contributed by atoms with Crippen molar-refractivity contribution in [3.63, 3.8) is 0 Å². The van der Waals surface area contributed by atoms with Crippen molar-refractivity contribution in [1.29, 1.82) is 0 Å². The maximum atomic E-state index is 13.0. The zero-order valence-corrected chi connectivity index (χ0v) is 20.7. The number of ether oxygens (including phenoxy) is 2. The second-order valence-corrected chi connectivity index (χ2v) is 8.18. The minimum absolute atomic E-state index is 0. The Hall–Kier alpha value is -3.09. The first kappa shape index (κ1) is 28.5. The molecule has 0 aliphatic heterocycles. The molecule has 8 nitrogen and oxygen atoms in total. The van der Waals surface area contributed by atoms with Crippen LogP contribution < -0.4 is 10.1 Å². The summed E-state index contributed by atoms with van der Waals surface area (Å²) in [4.78, 5) is 8.58. The van der Waals surface area contributed by atoms with E-state index < -0.39 is 17.8 Å². The highest BCUT2D eigenvalue weighted by Crippen LogP contribution is 2.36. The van der Waals surface area contributed by atoms with Gasteiger partial charge in [0.2, 0.25) is 0 Å². The van der Waals surface area contributed by atoms with Gasteiger partial charge in [0, 0.05) is 18.4 Å². The summed E-state index contributed by atoms with van der Waals surface area (Å²) in [6.45, 7) is 0.391. The number of rotatable bonds is 10. The second-order valence-electron chi connectivity index (χ2n) is 7.77. The van der Waals surface area contributed by atoms with Crippen LogP contribution in [0.4, 0.5) is 24.7 Å². The van der Waals surface area contributed by atoms with E-state index in [0.717, 1.165) is 12.1 Å². The van der Waals surface area contributed by atoms with E-state index in [-0.39, 0.29) is 42.1 Å². The molecule has 0 bridgehead atoms. The molecule has 13 heteroatoms. The summed E-state index contributed by atoms with van der Waals surface area (Å²) in [6, 6.07) is 11.1. The average molecular weight is 559 g/mol. The van der Waals surface area contributed by atoms with Gasteiger partial charge in [0.05, 0.1) is 35.9 Å². The van der Waals surface area contributed by atoms with Crippen LogP contribution in [0.25, 0.3) is 11.0 Å². The van der Waals surface area contributed by atoms with Gasteiger partial charge in [-0.3, -0.25) is 0 Å². The van der Waals surface area contributed by atoms with Crippen molar-refractivity contribution < 1.29 is 32.9 Å². The molecule has 1 atom stereocenters. The first-order chi connectivity index (χ1) is 17.2. The van der Waals surface area contributed by atoms with Gasteiger partial charge in [-0.25, -0.2) is 9.97 Å². The van der Waals surface area contributed by atoms with Crippen LogP contribution in [-0.4, -0.2) is 50.7 Å². The molecule has 4 aromatic rings.